The molecule has 0 saturated carbocycles. The van der Waals surface area contributed by atoms with E-state index >= 15 is 0 Å². The third kappa shape index (κ3) is 4.88. The zero-order valence-electron chi connectivity index (χ0n) is 15.9. The lowest BCUT2D eigenvalue weighted by molar-refractivity contribution is -0.954. The van der Waals surface area contributed by atoms with Crippen LogP contribution in [0.2, 0.25) is 0 Å². The summed E-state index contributed by atoms with van der Waals surface area (Å²) in [5.41, 5.74) is 2.82. The van der Waals surface area contributed by atoms with Crippen LogP contribution in [0.5, 0.6) is 0 Å². The van der Waals surface area contributed by atoms with Gasteiger partial charge in [0.2, 0.25) is 0 Å². The Labute approximate surface area is 168 Å². The average molecular weight is 381 g/mol. The molecule has 2 aromatic carbocycles. The van der Waals surface area contributed by atoms with Crippen LogP contribution < -0.4 is 15.5 Å². The Morgan fingerprint density at radius 2 is 1.48 bits per heavy atom. The lowest BCUT2D eigenvalue weighted by Gasteiger charge is -2.36. The van der Waals surface area contributed by atoms with Gasteiger partial charge in [-0.2, -0.15) is 0 Å². The minimum Gasteiger partial charge on any atom is -0.362 e. The molecule has 3 nitrogen and oxygen atoms in total. The van der Waals surface area contributed by atoms with E-state index in [4.69, 9.17) is 12.2 Å². The normalized spacial score (nSPS) is 26.5. The molecule has 4 atom stereocenters. The van der Waals surface area contributed by atoms with Gasteiger partial charge in [0.25, 0.3) is 0 Å². The summed E-state index contributed by atoms with van der Waals surface area (Å²) in [6, 6.07) is 23.6. The molecule has 0 aliphatic carbocycles. The van der Waals surface area contributed by atoms with Crippen molar-refractivity contribution in [3.8, 4) is 0 Å². The molecule has 0 amide bonds. The van der Waals surface area contributed by atoms with Gasteiger partial charge in [-0.1, -0.05) is 60.7 Å². The Morgan fingerprint density at radius 3 is 2.11 bits per heavy atom. The van der Waals surface area contributed by atoms with Crippen LogP contribution >= 0.6 is 12.2 Å². The largest absolute Gasteiger partial charge is 0.362 e. The number of rotatable bonds is 6. The maximum absolute atomic E-state index is 5.55. The summed E-state index contributed by atoms with van der Waals surface area (Å²) < 4.78 is 0. The zero-order chi connectivity index (χ0) is 18.5. The van der Waals surface area contributed by atoms with Crippen molar-refractivity contribution in [1.29, 1.82) is 0 Å². The van der Waals surface area contributed by atoms with Gasteiger partial charge in [-0.3, -0.25) is 0 Å². The molecule has 27 heavy (non-hydrogen) atoms. The summed E-state index contributed by atoms with van der Waals surface area (Å²) >= 11 is 5.55. The number of quaternary nitrogens is 1. The van der Waals surface area contributed by atoms with Crippen molar-refractivity contribution < 1.29 is 4.90 Å². The molecular weight excluding hydrogens is 350 g/mol. The molecule has 2 aliphatic heterocycles. The first kappa shape index (κ1) is 18.5. The van der Waals surface area contributed by atoms with E-state index in [0.29, 0.717) is 6.04 Å². The fourth-order valence-electron chi connectivity index (χ4n) is 4.87. The van der Waals surface area contributed by atoms with Crippen LogP contribution in [0.1, 0.15) is 36.8 Å². The number of fused-ring (bicyclic) bond motifs is 2. The van der Waals surface area contributed by atoms with Crippen LogP contribution in [0.3, 0.4) is 0 Å². The minimum absolute atomic E-state index is 0.527. The van der Waals surface area contributed by atoms with Crippen molar-refractivity contribution in [2.45, 2.75) is 56.8 Å². The van der Waals surface area contributed by atoms with Crippen LogP contribution in [0.25, 0.3) is 0 Å². The van der Waals surface area contributed by atoms with Gasteiger partial charge in [-0.15, -0.1) is 0 Å². The Bertz CT molecular complexity index is 720. The van der Waals surface area contributed by atoms with Crippen molar-refractivity contribution in [3.05, 3.63) is 71.8 Å². The molecule has 2 fully saturated rings. The van der Waals surface area contributed by atoms with Crippen LogP contribution in [0, 0.1) is 0 Å². The molecule has 4 rings (SSSR count). The van der Waals surface area contributed by atoms with Crippen molar-refractivity contribution >= 4 is 17.3 Å². The predicted octanol–water partition coefficient (Wildman–Crippen LogP) is 2.47. The maximum Gasteiger partial charge on any atom is 0.166 e. The first-order valence-electron chi connectivity index (χ1n) is 10.3. The van der Waals surface area contributed by atoms with Crippen molar-refractivity contribution in [2.24, 2.45) is 0 Å². The second-order valence-electron chi connectivity index (χ2n) is 8.01. The Balaban J connectivity index is 1.23. The molecule has 2 bridgehead atoms. The molecule has 2 heterocycles. The molecule has 2 unspecified atom stereocenters. The molecule has 0 spiro atoms. The molecule has 4 heteroatoms. The highest BCUT2D eigenvalue weighted by atomic mass is 32.1. The van der Waals surface area contributed by atoms with E-state index in [0.717, 1.165) is 30.2 Å². The number of benzene rings is 2. The number of thiocarbonyl (C=S) groups is 1. The van der Waals surface area contributed by atoms with Crippen LogP contribution in [0.15, 0.2) is 60.7 Å². The monoisotopic (exact) mass is 380 g/mol. The van der Waals surface area contributed by atoms with Crippen LogP contribution in [-0.4, -0.2) is 29.8 Å². The summed E-state index contributed by atoms with van der Waals surface area (Å²) in [5, 5.41) is 7.81. The summed E-state index contributed by atoms with van der Waals surface area (Å²) in [4.78, 5) is 1.79. The lowest BCUT2D eigenvalue weighted by atomic mass is 9.96. The first-order valence-corrected chi connectivity index (χ1v) is 10.7. The van der Waals surface area contributed by atoms with Gasteiger partial charge < -0.3 is 15.5 Å². The van der Waals surface area contributed by atoms with E-state index in [1.807, 2.05) is 0 Å². The standard InChI is InChI=1S/C23H29N3S/c27-23(24-14-13-18-7-3-1-4-8-18)25-20-15-21-11-12-22(16-20)26(21)17-19-9-5-2-6-10-19/h1-10,20-22H,11-17H2,(H2,24,25,27)/p+1/t20?,21-,22+. The lowest BCUT2D eigenvalue weighted by Crippen LogP contribution is -3.17. The van der Waals surface area contributed by atoms with E-state index in [1.54, 1.807) is 4.90 Å². The third-order valence-corrected chi connectivity index (χ3v) is 6.44. The van der Waals surface area contributed by atoms with Gasteiger partial charge in [0.15, 0.2) is 5.11 Å². The smallest absolute Gasteiger partial charge is 0.166 e. The SMILES string of the molecule is S=C(NCCc1ccccc1)NC1C[C@H]2CC[C@@H](C1)[NH+]2Cc1ccccc1. The second-order valence-corrected chi connectivity index (χ2v) is 8.42. The van der Waals surface area contributed by atoms with Crippen molar-refractivity contribution in [1.82, 2.24) is 10.6 Å². The summed E-state index contributed by atoms with van der Waals surface area (Å²) in [5.74, 6) is 0. The van der Waals surface area contributed by atoms with E-state index in [9.17, 15) is 0 Å². The first-order chi connectivity index (χ1) is 13.3. The summed E-state index contributed by atoms with van der Waals surface area (Å²) in [6.07, 6.45) is 6.20. The highest BCUT2D eigenvalue weighted by Gasteiger charge is 2.44. The molecule has 0 radical (unpaired) electrons. The van der Waals surface area contributed by atoms with Gasteiger partial charge in [0, 0.05) is 43.8 Å². The van der Waals surface area contributed by atoms with E-state index in [2.05, 4.69) is 71.3 Å². The molecule has 2 aromatic rings. The molecule has 3 N–H and O–H groups in total. The predicted molar refractivity (Wildman–Crippen MR) is 115 cm³/mol. The topological polar surface area (TPSA) is 28.5 Å². The van der Waals surface area contributed by atoms with Gasteiger partial charge in [-0.25, -0.2) is 0 Å². The van der Waals surface area contributed by atoms with Gasteiger partial charge in [0.1, 0.15) is 6.54 Å². The van der Waals surface area contributed by atoms with Gasteiger partial charge in [-0.05, 0) is 24.2 Å². The fourth-order valence-corrected chi connectivity index (χ4v) is 5.14. The number of piperidine rings is 1. The van der Waals surface area contributed by atoms with E-state index in [1.165, 1.54) is 43.4 Å². The van der Waals surface area contributed by atoms with E-state index < -0.39 is 0 Å². The number of nitrogens with one attached hydrogen (secondary N) is 3. The molecule has 2 aliphatic rings. The minimum atomic E-state index is 0.527. The highest BCUT2D eigenvalue weighted by Crippen LogP contribution is 2.23. The molecule has 142 valence electrons. The Hall–Kier alpha value is -1.91. The molecule has 2 saturated heterocycles. The van der Waals surface area contributed by atoms with Crippen molar-refractivity contribution in [3.63, 3.8) is 0 Å². The number of hydrogen-bond acceptors (Lipinski definition) is 1. The van der Waals surface area contributed by atoms with Crippen LogP contribution in [0.4, 0.5) is 0 Å². The Morgan fingerprint density at radius 1 is 0.889 bits per heavy atom. The van der Waals surface area contributed by atoms with Crippen molar-refractivity contribution in [2.75, 3.05) is 6.54 Å². The van der Waals surface area contributed by atoms with Gasteiger partial charge in [0.05, 0.1) is 12.1 Å². The average Bonchev–Trinajstić information content (AvgIpc) is 2.92. The second kappa shape index (κ2) is 8.85. The fraction of sp³-hybridized carbons (Fsp3) is 0.435. The zero-order valence-corrected chi connectivity index (χ0v) is 16.7. The molecule has 0 aromatic heterocycles. The maximum atomic E-state index is 5.55. The summed E-state index contributed by atoms with van der Waals surface area (Å²) in [7, 11) is 0. The third-order valence-electron chi connectivity index (χ3n) is 6.18. The van der Waals surface area contributed by atoms with Gasteiger partial charge >= 0.3 is 0 Å². The molecular formula is C23H30N3S+. The van der Waals surface area contributed by atoms with E-state index in [-0.39, 0.29) is 0 Å². The number of hydrogen-bond donors (Lipinski definition) is 3. The Kier molecular flexibility index (Phi) is 6.05. The summed E-state index contributed by atoms with van der Waals surface area (Å²) in [6.45, 7) is 2.06. The quantitative estimate of drug-likeness (QED) is 0.673. The van der Waals surface area contributed by atoms with Crippen LogP contribution in [-0.2, 0) is 13.0 Å². The highest BCUT2D eigenvalue weighted by molar-refractivity contribution is 7.80.